The molecule has 2 aromatic carbocycles. The Morgan fingerprint density at radius 3 is 2.41 bits per heavy atom. The van der Waals surface area contributed by atoms with Crippen molar-refractivity contribution in [3.05, 3.63) is 75.2 Å². The maximum Gasteiger partial charge on any atom is 0.226 e. The average molecular weight is 411 g/mol. The number of aromatic nitrogens is 1. The number of amides is 1. The monoisotopic (exact) mass is 410 g/mol. The first-order chi connectivity index (χ1) is 14.0. The van der Waals surface area contributed by atoms with E-state index < -0.39 is 0 Å². The number of rotatable bonds is 9. The van der Waals surface area contributed by atoms with E-state index in [1.165, 1.54) is 16.9 Å². The van der Waals surface area contributed by atoms with Crippen molar-refractivity contribution in [2.45, 2.75) is 33.8 Å². The molecule has 0 aliphatic heterocycles. The number of hydrogen-bond donors (Lipinski definition) is 1. The van der Waals surface area contributed by atoms with Crippen molar-refractivity contribution >= 4 is 17.2 Å². The Kier molecular flexibility index (Phi) is 7.25. The number of carbonyl (C=O) groups excluding carboxylic acids is 1. The lowest BCUT2D eigenvalue weighted by Crippen LogP contribution is -2.29. The van der Waals surface area contributed by atoms with Crippen LogP contribution in [0.1, 0.15) is 27.4 Å². The molecule has 0 aliphatic rings. The molecule has 0 radical (unpaired) electrons. The highest BCUT2D eigenvalue weighted by molar-refractivity contribution is 7.09. The van der Waals surface area contributed by atoms with Gasteiger partial charge in [0.05, 0.1) is 18.7 Å². The van der Waals surface area contributed by atoms with Gasteiger partial charge in [-0.2, -0.15) is 0 Å². The summed E-state index contributed by atoms with van der Waals surface area (Å²) < 4.78 is 11.4. The van der Waals surface area contributed by atoms with Crippen molar-refractivity contribution < 1.29 is 14.3 Å². The van der Waals surface area contributed by atoms with Crippen LogP contribution in [0.2, 0.25) is 0 Å². The highest BCUT2D eigenvalue weighted by atomic mass is 32.1. The fourth-order valence-electron chi connectivity index (χ4n) is 2.88. The number of nitrogens with one attached hydrogen (secondary N) is 1. The molecule has 152 valence electrons. The summed E-state index contributed by atoms with van der Waals surface area (Å²) in [4.78, 5) is 16.6. The SMILES string of the molecule is Cc1ccc(OCc2nc(CC(=O)NCCOc3cc(C)cc(C)c3)cs2)cc1. The minimum Gasteiger partial charge on any atom is -0.492 e. The predicted molar refractivity (Wildman–Crippen MR) is 116 cm³/mol. The molecular weight excluding hydrogens is 384 g/mol. The van der Waals surface area contributed by atoms with E-state index in [9.17, 15) is 4.79 Å². The second kappa shape index (κ2) is 10.1. The zero-order chi connectivity index (χ0) is 20.6. The summed E-state index contributed by atoms with van der Waals surface area (Å²) in [6, 6.07) is 14.0. The lowest BCUT2D eigenvalue weighted by molar-refractivity contribution is -0.120. The second-order valence-electron chi connectivity index (χ2n) is 7.03. The van der Waals surface area contributed by atoms with Crippen molar-refractivity contribution in [1.29, 1.82) is 0 Å². The molecule has 0 saturated carbocycles. The van der Waals surface area contributed by atoms with Gasteiger partial charge in [-0.3, -0.25) is 4.79 Å². The van der Waals surface area contributed by atoms with E-state index in [1.54, 1.807) is 0 Å². The molecule has 1 amide bonds. The summed E-state index contributed by atoms with van der Waals surface area (Å²) >= 11 is 1.50. The van der Waals surface area contributed by atoms with Gasteiger partial charge >= 0.3 is 0 Å². The average Bonchev–Trinajstić information content (AvgIpc) is 3.11. The van der Waals surface area contributed by atoms with E-state index in [-0.39, 0.29) is 12.3 Å². The van der Waals surface area contributed by atoms with Crippen LogP contribution in [0.4, 0.5) is 0 Å². The number of ether oxygens (including phenoxy) is 2. The van der Waals surface area contributed by atoms with Gasteiger partial charge in [-0.1, -0.05) is 23.8 Å². The molecule has 5 nitrogen and oxygen atoms in total. The fraction of sp³-hybridized carbons (Fsp3) is 0.304. The number of hydrogen-bond acceptors (Lipinski definition) is 5. The summed E-state index contributed by atoms with van der Waals surface area (Å²) in [6.45, 7) is 7.41. The number of aryl methyl sites for hydroxylation is 3. The third kappa shape index (κ3) is 6.91. The Morgan fingerprint density at radius 2 is 1.69 bits per heavy atom. The van der Waals surface area contributed by atoms with Crippen LogP contribution in [0.5, 0.6) is 11.5 Å². The Bertz CT molecular complexity index is 931. The van der Waals surface area contributed by atoms with E-state index in [0.717, 1.165) is 33.3 Å². The molecule has 0 atom stereocenters. The Morgan fingerprint density at radius 1 is 0.966 bits per heavy atom. The Hall–Kier alpha value is -2.86. The van der Waals surface area contributed by atoms with Crippen molar-refractivity contribution in [2.24, 2.45) is 0 Å². The molecule has 1 N–H and O–H groups in total. The molecular formula is C23H26N2O3S. The zero-order valence-corrected chi connectivity index (χ0v) is 17.8. The van der Waals surface area contributed by atoms with Crippen molar-refractivity contribution in [3.8, 4) is 11.5 Å². The van der Waals surface area contributed by atoms with E-state index in [1.807, 2.05) is 62.5 Å². The van der Waals surface area contributed by atoms with E-state index >= 15 is 0 Å². The molecule has 29 heavy (non-hydrogen) atoms. The van der Waals surface area contributed by atoms with Gasteiger partial charge in [-0.25, -0.2) is 4.98 Å². The smallest absolute Gasteiger partial charge is 0.226 e. The Labute approximate surface area is 175 Å². The van der Waals surface area contributed by atoms with E-state index in [0.29, 0.717) is 19.8 Å². The van der Waals surface area contributed by atoms with Gasteiger partial charge in [0.2, 0.25) is 5.91 Å². The van der Waals surface area contributed by atoms with Gasteiger partial charge < -0.3 is 14.8 Å². The molecule has 0 aliphatic carbocycles. The van der Waals surface area contributed by atoms with E-state index in [2.05, 4.69) is 16.4 Å². The van der Waals surface area contributed by atoms with Gasteiger partial charge in [-0.05, 0) is 56.2 Å². The third-order valence-corrected chi connectivity index (χ3v) is 5.08. The van der Waals surface area contributed by atoms with Gasteiger partial charge in [0.15, 0.2) is 0 Å². The lowest BCUT2D eigenvalue weighted by atomic mass is 10.1. The molecule has 0 bridgehead atoms. The summed E-state index contributed by atoms with van der Waals surface area (Å²) in [5.41, 5.74) is 4.27. The minimum absolute atomic E-state index is 0.0645. The molecule has 0 fully saturated rings. The molecule has 0 saturated heterocycles. The third-order valence-electron chi connectivity index (χ3n) is 4.21. The molecule has 0 spiro atoms. The first-order valence-corrected chi connectivity index (χ1v) is 10.5. The number of carbonyl (C=O) groups is 1. The molecule has 0 unspecified atom stereocenters. The molecule has 1 heterocycles. The predicted octanol–water partition coefficient (Wildman–Crippen LogP) is 4.39. The van der Waals surface area contributed by atoms with Gasteiger partial charge in [0.25, 0.3) is 0 Å². The van der Waals surface area contributed by atoms with Crippen LogP contribution < -0.4 is 14.8 Å². The van der Waals surface area contributed by atoms with Crippen LogP contribution in [0.15, 0.2) is 47.8 Å². The zero-order valence-electron chi connectivity index (χ0n) is 17.0. The number of thiazole rings is 1. The highest BCUT2D eigenvalue weighted by Crippen LogP contribution is 2.17. The molecule has 3 aromatic rings. The summed E-state index contributed by atoms with van der Waals surface area (Å²) in [6.07, 6.45) is 0.255. The van der Waals surface area contributed by atoms with Crippen LogP contribution in [-0.2, 0) is 17.8 Å². The quantitative estimate of drug-likeness (QED) is 0.532. The first kappa shape index (κ1) is 20.9. The largest absolute Gasteiger partial charge is 0.492 e. The van der Waals surface area contributed by atoms with Gasteiger partial charge in [-0.15, -0.1) is 11.3 Å². The second-order valence-corrected chi connectivity index (χ2v) is 7.98. The first-order valence-electron chi connectivity index (χ1n) is 9.58. The number of nitrogens with zero attached hydrogens (tertiary/aromatic N) is 1. The van der Waals surface area contributed by atoms with Gasteiger partial charge in [0, 0.05) is 5.38 Å². The summed E-state index contributed by atoms with van der Waals surface area (Å²) in [5.74, 6) is 1.58. The van der Waals surface area contributed by atoms with Crippen molar-refractivity contribution in [2.75, 3.05) is 13.2 Å². The normalized spacial score (nSPS) is 10.6. The van der Waals surface area contributed by atoms with Gasteiger partial charge in [0.1, 0.15) is 29.7 Å². The fourth-order valence-corrected chi connectivity index (χ4v) is 3.58. The molecule has 1 aromatic heterocycles. The Balaban J connectivity index is 1.37. The van der Waals surface area contributed by atoms with Crippen LogP contribution in [0.25, 0.3) is 0 Å². The molecule has 3 rings (SSSR count). The highest BCUT2D eigenvalue weighted by Gasteiger charge is 2.08. The minimum atomic E-state index is -0.0645. The van der Waals surface area contributed by atoms with Crippen LogP contribution in [-0.4, -0.2) is 24.0 Å². The van der Waals surface area contributed by atoms with Crippen molar-refractivity contribution in [3.63, 3.8) is 0 Å². The van der Waals surface area contributed by atoms with Crippen LogP contribution >= 0.6 is 11.3 Å². The maximum atomic E-state index is 12.1. The number of benzene rings is 2. The van der Waals surface area contributed by atoms with E-state index in [4.69, 9.17) is 9.47 Å². The maximum absolute atomic E-state index is 12.1. The molecule has 6 heteroatoms. The summed E-state index contributed by atoms with van der Waals surface area (Å²) in [5, 5.41) is 5.63. The topological polar surface area (TPSA) is 60.5 Å². The van der Waals surface area contributed by atoms with Crippen LogP contribution in [0, 0.1) is 20.8 Å². The van der Waals surface area contributed by atoms with Crippen LogP contribution in [0.3, 0.4) is 0 Å². The lowest BCUT2D eigenvalue weighted by Gasteiger charge is -2.09. The standard InChI is InChI=1S/C23H26N2O3S/c1-16-4-6-20(7-5-16)28-14-23-25-19(15-29-23)13-22(26)24-8-9-27-21-11-17(2)10-18(3)12-21/h4-7,10-12,15H,8-9,13-14H2,1-3H3,(H,24,26). The van der Waals surface area contributed by atoms with Crippen molar-refractivity contribution in [1.82, 2.24) is 10.3 Å². The summed E-state index contributed by atoms with van der Waals surface area (Å²) in [7, 11) is 0.